The van der Waals surface area contributed by atoms with Crippen molar-refractivity contribution in [1.29, 1.82) is 0 Å². The fourth-order valence-corrected chi connectivity index (χ4v) is 5.01. The number of carbonyl (C=O) groups is 2. The van der Waals surface area contributed by atoms with Crippen LogP contribution in [0.5, 0.6) is 0 Å². The molecular formula is C32H27F3N2O3. The van der Waals surface area contributed by atoms with E-state index in [0.717, 1.165) is 40.9 Å². The van der Waals surface area contributed by atoms with Gasteiger partial charge in [0.15, 0.2) is 6.10 Å². The lowest BCUT2D eigenvalue weighted by molar-refractivity contribution is -0.137. The van der Waals surface area contributed by atoms with Crippen molar-refractivity contribution in [3.63, 3.8) is 0 Å². The highest BCUT2D eigenvalue weighted by Crippen LogP contribution is 2.39. The van der Waals surface area contributed by atoms with Crippen LogP contribution >= 0.6 is 0 Å². The quantitative estimate of drug-likeness (QED) is 0.263. The lowest BCUT2D eigenvalue weighted by Gasteiger charge is -2.27. The molecule has 8 heteroatoms. The Balaban J connectivity index is 1.47. The summed E-state index contributed by atoms with van der Waals surface area (Å²) in [5.74, 6) is -1.19. The highest BCUT2D eigenvalue weighted by atomic mass is 19.4. The Morgan fingerprint density at radius 1 is 1.00 bits per heavy atom. The first-order valence-corrected chi connectivity index (χ1v) is 13.0. The van der Waals surface area contributed by atoms with Crippen molar-refractivity contribution in [3.05, 3.63) is 107 Å². The number of aromatic nitrogens is 1. The standard InChI is InChI=1S/C32H27F3N2O3/c1-19-15-22(17-21-9-4-3-5-10-21)29-26(16-19)28(25-13-6-7-14-27(25)37-29)31(39)40-20(2)30(38)36-24-12-8-11-23(18-24)32(33,34)35/h3-14,17-20H,15-16H2,1-2H3,(H,36,38)/b22-17+/t19-,20+/m0/s1. The van der Waals surface area contributed by atoms with Gasteiger partial charge in [-0.1, -0.05) is 61.5 Å². The van der Waals surface area contributed by atoms with Gasteiger partial charge in [0, 0.05) is 11.1 Å². The summed E-state index contributed by atoms with van der Waals surface area (Å²) in [4.78, 5) is 31.4. The number of nitrogens with zero attached hydrogens (tertiary/aromatic N) is 1. The van der Waals surface area contributed by atoms with Crippen LogP contribution in [0.15, 0.2) is 78.9 Å². The number of esters is 1. The number of pyridine rings is 1. The van der Waals surface area contributed by atoms with Crippen LogP contribution in [-0.2, 0) is 22.1 Å². The predicted octanol–water partition coefficient (Wildman–Crippen LogP) is 7.56. The first kappa shape index (κ1) is 27.1. The minimum atomic E-state index is -4.55. The molecule has 1 amide bonds. The van der Waals surface area contributed by atoms with Crippen molar-refractivity contribution in [2.45, 2.75) is 39.0 Å². The molecule has 40 heavy (non-hydrogen) atoms. The molecule has 0 fully saturated rings. The molecule has 0 spiro atoms. The summed E-state index contributed by atoms with van der Waals surface area (Å²) in [5.41, 5.74) is 3.57. The minimum Gasteiger partial charge on any atom is -0.449 e. The summed E-state index contributed by atoms with van der Waals surface area (Å²) in [6.07, 6.45) is -2.33. The van der Waals surface area contributed by atoms with E-state index in [4.69, 9.17) is 9.72 Å². The first-order valence-electron chi connectivity index (χ1n) is 13.0. The third kappa shape index (κ3) is 5.76. The first-order chi connectivity index (χ1) is 19.1. The molecule has 0 saturated carbocycles. The molecule has 3 aromatic carbocycles. The normalized spacial score (nSPS) is 16.8. The van der Waals surface area contributed by atoms with Crippen LogP contribution in [0.25, 0.3) is 22.6 Å². The topological polar surface area (TPSA) is 68.3 Å². The number of nitrogens with one attached hydrogen (secondary N) is 1. The maximum Gasteiger partial charge on any atom is 0.416 e. The highest BCUT2D eigenvalue weighted by Gasteiger charge is 2.32. The summed E-state index contributed by atoms with van der Waals surface area (Å²) >= 11 is 0. The van der Waals surface area contributed by atoms with Gasteiger partial charge in [-0.2, -0.15) is 13.2 Å². The van der Waals surface area contributed by atoms with E-state index in [1.165, 1.54) is 19.1 Å². The van der Waals surface area contributed by atoms with Gasteiger partial charge in [0.2, 0.25) is 0 Å². The number of alkyl halides is 3. The number of hydrogen-bond acceptors (Lipinski definition) is 4. The number of carbonyl (C=O) groups excluding carboxylic acids is 2. The van der Waals surface area contributed by atoms with Gasteiger partial charge >= 0.3 is 12.1 Å². The Morgan fingerprint density at radius 3 is 2.48 bits per heavy atom. The molecule has 1 heterocycles. The number of benzene rings is 3. The zero-order valence-corrected chi connectivity index (χ0v) is 22.0. The Labute approximate surface area is 229 Å². The smallest absolute Gasteiger partial charge is 0.416 e. The fraction of sp³-hybridized carbons (Fsp3) is 0.219. The molecular weight excluding hydrogens is 517 g/mol. The van der Waals surface area contributed by atoms with Gasteiger partial charge < -0.3 is 10.1 Å². The minimum absolute atomic E-state index is 0.0426. The second-order valence-electron chi connectivity index (χ2n) is 10.0. The fourth-order valence-electron chi connectivity index (χ4n) is 5.01. The third-order valence-corrected chi connectivity index (χ3v) is 6.87. The van der Waals surface area contributed by atoms with Crippen molar-refractivity contribution in [3.8, 4) is 0 Å². The van der Waals surface area contributed by atoms with E-state index in [-0.39, 0.29) is 11.6 Å². The molecule has 0 bridgehead atoms. The maximum absolute atomic E-state index is 13.7. The SMILES string of the molecule is C[C@H]1C/C(=C\c2ccccc2)c2nc3ccccc3c(C(=O)O[C@H](C)C(=O)Nc3cccc(C(F)(F)F)c3)c2C1. The molecule has 1 aliphatic carbocycles. The molecule has 4 aromatic rings. The summed E-state index contributed by atoms with van der Waals surface area (Å²) in [6.45, 7) is 3.50. The van der Waals surface area contributed by atoms with E-state index in [9.17, 15) is 22.8 Å². The van der Waals surface area contributed by atoms with E-state index >= 15 is 0 Å². The van der Waals surface area contributed by atoms with Gasteiger partial charge in [-0.05, 0) is 72.7 Å². The number of para-hydroxylation sites is 1. The zero-order valence-electron chi connectivity index (χ0n) is 22.0. The van der Waals surface area contributed by atoms with Crippen LogP contribution in [-0.4, -0.2) is 23.0 Å². The second kappa shape index (κ2) is 11.0. The number of amides is 1. The van der Waals surface area contributed by atoms with Gasteiger partial charge in [-0.25, -0.2) is 9.78 Å². The molecule has 1 aromatic heterocycles. The van der Waals surface area contributed by atoms with Crippen LogP contribution in [0.4, 0.5) is 18.9 Å². The van der Waals surface area contributed by atoms with Crippen LogP contribution in [0, 0.1) is 5.92 Å². The summed E-state index contributed by atoms with van der Waals surface area (Å²) in [7, 11) is 0. The van der Waals surface area contributed by atoms with Crippen LogP contribution in [0.3, 0.4) is 0 Å². The van der Waals surface area contributed by atoms with Crippen LogP contribution in [0.1, 0.15) is 53.0 Å². The largest absolute Gasteiger partial charge is 0.449 e. The Morgan fingerprint density at radius 2 is 1.73 bits per heavy atom. The number of allylic oxidation sites excluding steroid dienone is 1. The molecule has 0 radical (unpaired) electrons. The van der Waals surface area contributed by atoms with Crippen molar-refractivity contribution in [2.24, 2.45) is 5.92 Å². The summed E-state index contributed by atoms with van der Waals surface area (Å²) in [5, 5.41) is 3.03. The second-order valence-corrected chi connectivity index (χ2v) is 10.0. The van der Waals surface area contributed by atoms with E-state index in [2.05, 4.69) is 18.3 Å². The van der Waals surface area contributed by atoms with Gasteiger partial charge in [0.1, 0.15) is 0 Å². The predicted molar refractivity (Wildman–Crippen MR) is 148 cm³/mol. The number of halogens is 3. The number of anilines is 1. The molecule has 0 aliphatic heterocycles. The van der Waals surface area contributed by atoms with E-state index in [0.29, 0.717) is 22.9 Å². The summed E-state index contributed by atoms with van der Waals surface area (Å²) < 4.78 is 44.8. The van der Waals surface area contributed by atoms with Gasteiger partial charge in [0.05, 0.1) is 22.3 Å². The summed E-state index contributed by atoms with van der Waals surface area (Å²) in [6, 6.07) is 21.5. The van der Waals surface area contributed by atoms with Crippen molar-refractivity contribution < 1.29 is 27.5 Å². The molecule has 5 rings (SSSR count). The Bertz CT molecular complexity index is 1610. The number of hydrogen-bond donors (Lipinski definition) is 1. The van der Waals surface area contributed by atoms with Crippen LogP contribution < -0.4 is 5.32 Å². The Kier molecular flexibility index (Phi) is 7.43. The van der Waals surface area contributed by atoms with E-state index < -0.39 is 29.7 Å². The molecule has 0 unspecified atom stereocenters. The number of fused-ring (bicyclic) bond motifs is 2. The van der Waals surface area contributed by atoms with E-state index in [1.807, 2.05) is 48.5 Å². The monoisotopic (exact) mass is 544 g/mol. The van der Waals surface area contributed by atoms with E-state index in [1.54, 1.807) is 6.07 Å². The molecule has 1 N–H and O–H groups in total. The average molecular weight is 545 g/mol. The molecule has 1 aliphatic rings. The molecule has 5 nitrogen and oxygen atoms in total. The lowest BCUT2D eigenvalue weighted by atomic mass is 9.80. The van der Waals surface area contributed by atoms with Gasteiger partial charge in [-0.15, -0.1) is 0 Å². The van der Waals surface area contributed by atoms with Crippen molar-refractivity contribution in [1.82, 2.24) is 4.98 Å². The molecule has 0 saturated heterocycles. The zero-order chi connectivity index (χ0) is 28.4. The third-order valence-electron chi connectivity index (χ3n) is 6.87. The lowest BCUT2D eigenvalue weighted by Crippen LogP contribution is -2.31. The van der Waals surface area contributed by atoms with Crippen molar-refractivity contribution >= 4 is 40.1 Å². The molecule has 2 atom stereocenters. The molecule has 204 valence electrons. The van der Waals surface area contributed by atoms with Crippen molar-refractivity contribution in [2.75, 3.05) is 5.32 Å². The van der Waals surface area contributed by atoms with Crippen LogP contribution in [0.2, 0.25) is 0 Å². The Hall–Kier alpha value is -4.46. The number of rotatable bonds is 5. The average Bonchev–Trinajstić information content (AvgIpc) is 2.92. The van der Waals surface area contributed by atoms with Gasteiger partial charge in [-0.3, -0.25) is 4.79 Å². The van der Waals surface area contributed by atoms with Gasteiger partial charge in [0.25, 0.3) is 5.91 Å². The highest BCUT2D eigenvalue weighted by molar-refractivity contribution is 6.07. The number of ether oxygens (including phenoxy) is 1. The maximum atomic E-state index is 13.7.